The first-order valence-electron chi connectivity index (χ1n) is 7.81. The molecule has 0 atom stereocenters. The van der Waals surface area contributed by atoms with Gasteiger partial charge in [-0.15, -0.1) is 0 Å². The maximum atomic E-state index is 12.4. The second-order valence-corrected chi connectivity index (χ2v) is 8.33. The Kier molecular flexibility index (Phi) is 7.16. The first-order chi connectivity index (χ1) is 12.0. The van der Waals surface area contributed by atoms with Gasteiger partial charge in [0.15, 0.2) is 11.5 Å². The van der Waals surface area contributed by atoms with Crippen molar-refractivity contribution in [2.75, 3.05) is 26.5 Å². The zero-order valence-corrected chi connectivity index (χ0v) is 16.2. The Morgan fingerprint density at radius 1 is 1.04 bits per heavy atom. The van der Waals surface area contributed by atoms with Crippen LogP contribution in [0.25, 0.3) is 0 Å². The third-order valence-corrected chi connectivity index (χ3v) is 6.04. The number of nitrogens with one attached hydrogen (secondary N) is 1. The van der Waals surface area contributed by atoms with Crippen molar-refractivity contribution >= 4 is 21.8 Å². The molecule has 0 bridgehead atoms. The minimum atomic E-state index is -3.57. The highest BCUT2D eigenvalue weighted by atomic mass is 32.2. The predicted molar refractivity (Wildman–Crippen MR) is 102 cm³/mol. The van der Waals surface area contributed by atoms with Gasteiger partial charge in [0.05, 0.1) is 19.1 Å². The average Bonchev–Trinajstić information content (AvgIpc) is 2.60. The number of hydrogen-bond acceptors (Lipinski definition) is 5. The largest absolute Gasteiger partial charge is 0.493 e. The molecule has 2 aromatic carbocycles. The second kappa shape index (κ2) is 9.12. The number of aryl methyl sites for hydroxylation is 1. The summed E-state index contributed by atoms with van der Waals surface area (Å²) in [5.74, 6) is 2.44. The number of rotatable bonds is 9. The summed E-state index contributed by atoms with van der Waals surface area (Å²) in [6, 6.07) is 12.9. The number of thioether (sulfide) groups is 1. The van der Waals surface area contributed by atoms with Gasteiger partial charge in [0.1, 0.15) is 0 Å². The topological polar surface area (TPSA) is 64.6 Å². The van der Waals surface area contributed by atoms with Crippen LogP contribution in [-0.4, -0.2) is 34.9 Å². The van der Waals surface area contributed by atoms with Crippen molar-refractivity contribution in [3.05, 3.63) is 53.6 Å². The fourth-order valence-corrected chi connectivity index (χ4v) is 4.29. The van der Waals surface area contributed by atoms with E-state index < -0.39 is 10.0 Å². The standard InChI is InChI=1S/C18H23NO4S2/c1-14-5-4-6-15(11-14)13-24-10-9-19-25(20,21)16-7-8-17(22-2)18(12-16)23-3/h4-8,11-12,19H,9-10,13H2,1-3H3. The normalized spacial score (nSPS) is 11.3. The van der Waals surface area contributed by atoms with Crippen LogP contribution < -0.4 is 14.2 Å². The van der Waals surface area contributed by atoms with E-state index >= 15 is 0 Å². The smallest absolute Gasteiger partial charge is 0.240 e. The summed E-state index contributed by atoms with van der Waals surface area (Å²) in [5, 5.41) is 0. The molecule has 0 heterocycles. The zero-order chi connectivity index (χ0) is 18.3. The zero-order valence-electron chi connectivity index (χ0n) is 14.6. The molecule has 25 heavy (non-hydrogen) atoms. The summed E-state index contributed by atoms with van der Waals surface area (Å²) in [6.45, 7) is 2.43. The van der Waals surface area contributed by atoms with Crippen LogP contribution in [0, 0.1) is 6.92 Å². The highest BCUT2D eigenvalue weighted by molar-refractivity contribution is 7.98. The van der Waals surface area contributed by atoms with Crippen molar-refractivity contribution in [2.24, 2.45) is 0 Å². The number of sulfonamides is 1. The lowest BCUT2D eigenvalue weighted by molar-refractivity contribution is 0.354. The molecule has 0 amide bonds. The molecule has 0 aliphatic heterocycles. The first-order valence-corrected chi connectivity index (χ1v) is 10.4. The van der Waals surface area contributed by atoms with Gasteiger partial charge in [0, 0.05) is 24.1 Å². The van der Waals surface area contributed by atoms with E-state index in [1.54, 1.807) is 17.8 Å². The van der Waals surface area contributed by atoms with E-state index in [0.717, 1.165) is 5.75 Å². The van der Waals surface area contributed by atoms with Crippen LogP contribution in [0.2, 0.25) is 0 Å². The molecule has 0 unspecified atom stereocenters. The van der Waals surface area contributed by atoms with E-state index in [2.05, 4.69) is 29.8 Å². The quantitative estimate of drug-likeness (QED) is 0.676. The molecular formula is C18H23NO4S2. The monoisotopic (exact) mass is 381 g/mol. The fraction of sp³-hybridized carbons (Fsp3) is 0.333. The summed E-state index contributed by atoms with van der Waals surface area (Å²) >= 11 is 1.69. The molecule has 7 heteroatoms. The summed E-state index contributed by atoms with van der Waals surface area (Å²) in [4.78, 5) is 0.161. The third-order valence-electron chi connectivity index (χ3n) is 3.56. The maximum absolute atomic E-state index is 12.4. The van der Waals surface area contributed by atoms with E-state index in [1.807, 2.05) is 6.07 Å². The van der Waals surface area contributed by atoms with Gasteiger partial charge in [-0.1, -0.05) is 29.8 Å². The Morgan fingerprint density at radius 2 is 1.80 bits per heavy atom. The summed E-state index contributed by atoms with van der Waals surface area (Å²) in [5.41, 5.74) is 2.47. The molecule has 0 aliphatic carbocycles. The number of benzene rings is 2. The van der Waals surface area contributed by atoms with Crippen molar-refractivity contribution in [1.82, 2.24) is 4.72 Å². The SMILES string of the molecule is COc1ccc(S(=O)(=O)NCCSCc2cccc(C)c2)cc1OC. The lowest BCUT2D eigenvalue weighted by atomic mass is 10.2. The minimum absolute atomic E-state index is 0.161. The highest BCUT2D eigenvalue weighted by Crippen LogP contribution is 2.29. The van der Waals surface area contributed by atoms with Gasteiger partial charge < -0.3 is 9.47 Å². The lowest BCUT2D eigenvalue weighted by Crippen LogP contribution is -2.26. The molecular weight excluding hydrogens is 358 g/mol. The molecule has 0 fully saturated rings. The molecule has 136 valence electrons. The predicted octanol–water partition coefficient (Wildman–Crippen LogP) is 3.22. The van der Waals surface area contributed by atoms with Crippen LogP contribution in [0.4, 0.5) is 0 Å². The van der Waals surface area contributed by atoms with Gasteiger partial charge in [0.25, 0.3) is 0 Å². The molecule has 5 nitrogen and oxygen atoms in total. The fourth-order valence-electron chi connectivity index (χ4n) is 2.31. The average molecular weight is 382 g/mol. The van der Waals surface area contributed by atoms with Crippen LogP contribution in [0.1, 0.15) is 11.1 Å². The van der Waals surface area contributed by atoms with Gasteiger partial charge in [0.2, 0.25) is 10.0 Å². The summed E-state index contributed by atoms with van der Waals surface area (Å²) in [7, 11) is -0.583. The van der Waals surface area contributed by atoms with Crippen molar-refractivity contribution < 1.29 is 17.9 Å². The van der Waals surface area contributed by atoms with E-state index in [0.29, 0.717) is 23.8 Å². The Bertz CT molecular complexity index is 806. The van der Waals surface area contributed by atoms with E-state index in [-0.39, 0.29) is 4.90 Å². The molecule has 0 aliphatic rings. The van der Waals surface area contributed by atoms with Gasteiger partial charge in [-0.25, -0.2) is 13.1 Å². The number of ether oxygens (including phenoxy) is 2. The molecule has 0 spiro atoms. The van der Waals surface area contributed by atoms with Gasteiger partial charge in [-0.05, 0) is 24.6 Å². The Morgan fingerprint density at radius 3 is 2.48 bits per heavy atom. The second-order valence-electron chi connectivity index (χ2n) is 5.46. The van der Waals surface area contributed by atoms with E-state index in [1.165, 1.54) is 37.5 Å². The maximum Gasteiger partial charge on any atom is 0.240 e. The van der Waals surface area contributed by atoms with Crippen LogP contribution >= 0.6 is 11.8 Å². The first kappa shape index (κ1) is 19.6. The molecule has 2 aromatic rings. The summed E-state index contributed by atoms with van der Waals surface area (Å²) < 4.78 is 37.6. The Balaban J connectivity index is 1.87. The van der Waals surface area contributed by atoms with Gasteiger partial charge in [-0.2, -0.15) is 11.8 Å². The molecule has 0 aromatic heterocycles. The minimum Gasteiger partial charge on any atom is -0.493 e. The third kappa shape index (κ3) is 5.66. The van der Waals surface area contributed by atoms with Crippen molar-refractivity contribution in [2.45, 2.75) is 17.6 Å². The molecule has 0 radical (unpaired) electrons. The van der Waals surface area contributed by atoms with E-state index in [9.17, 15) is 8.42 Å². The van der Waals surface area contributed by atoms with Crippen molar-refractivity contribution in [3.63, 3.8) is 0 Å². The Labute approximate surface area is 153 Å². The number of hydrogen-bond donors (Lipinski definition) is 1. The molecule has 0 saturated heterocycles. The number of methoxy groups -OCH3 is 2. The highest BCUT2D eigenvalue weighted by Gasteiger charge is 2.16. The van der Waals surface area contributed by atoms with Gasteiger partial charge in [-0.3, -0.25) is 0 Å². The van der Waals surface area contributed by atoms with E-state index in [4.69, 9.17) is 9.47 Å². The molecule has 2 rings (SSSR count). The van der Waals surface area contributed by atoms with Crippen LogP contribution in [0.5, 0.6) is 11.5 Å². The van der Waals surface area contributed by atoms with Crippen molar-refractivity contribution in [1.29, 1.82) is 0 Å². The lowest BCUT2D eigenvalue weighted by Gasteiger charge is -2.11. The Hall–Kier alpha value is -1.70. The van der Waals surface area contributed by atoms with Gasteiger partial charge >= 0.3 is 0 Å². The van der Waals surface area contributed by atoms with Crippen molar-refractivity contribution in [3.8, 4) is 11.5 Å². The molecule has 0 saturated carbocycles. The van der Waals surface area contributed by atoms with Crippen LogP contribution in [-0.2, 0) is 15.8 Å². The van der Waals surface area contributed by atoms with Crippen LogP contribution in [0.3, 0.4) is 0 Å². The summed E-state index contributed by atoms with van der Waals surface area (Å²) in [6.07, 6.45) is 0. The molecule has 1 N–H and O–H groups in total. The van der Waals surface area contributed by atoms with Crippen LogP contribution in [0.15, 0.2) is 47.4 Å².